The van der Waals surface area contributed by atoms with E-state index in [4.69, 9.17) is 14.2 Å². The molecule has 0 aromatic rings. The van der Waals surface area contributed by atoms with Crippen LogP contribution >= 0.6 is 0 Å². The van der Waals surface area contributed by atoms with Crippen LogP contribution in [-0.4, -0.2) is 37.2 Å². The van der Waals surface area contributed by atoms with Crippen molar-refractivity contribution >= 4 is 17.9 Å². The summed E-state index contributed by atoms with van der Waals surface area (Å²) in [6.07, 6.45) is 68.4. The van der Waals surface area contributed by atoms with E-state index < -0.39 is 6.10 Å². The number of rotatable bonds is 48. The Hall–Kier alpha value is -3.41. The van der Waals surface area contributed by atoms with E-state index in [1.54, 1.807) is 0 Å². The summed E-state index contributed by atoms with van der Waals surface area (Å²) >= 11 is 0. The molecule has 372 valence electrons. The second kappa shape index (κ2) is 53.2. The fourth-order valence-corrected chi connectivity index (χ4v) is 7.21. The Balaban J connectivity index is 4.48. The molecule has 0 rings (SSSR count). The highest BCUT2D eigenvalue weighted by atomic mass is 16.6. The zero-order valence-corrected chi connectivity index (χ0v) is 42.5. The van der Waals surface area contributed by atoms with Crippen LogP contribution in [0.5, 0.6) is 0 Å². The molecular weight excluding hydrogens is 805 g/mol. The molecule has 0 aromatic heterocycles. The van der Waals surface area contributed by atoms with Crippen molar-refractivity contribution in [2.45, 2.75) is 258 Å². The van der Waals surface area contributed by atoms with Crippen LogP contribution in [0.1, 0.15) is 252 Å². The molecule has 6 nitrogen and oxygen atoms in total. The number of carbonyl (C=O) groups excluding carboxylic acids is 3. The van der Waals surface area contributed by atoms with Gasteiger partial charge in [-0.1, -0.05) is 196 Å². The Morgan fingerprint density at radius 2 is 0.554 bits per heavy atom. The van der Waals surface area contributed by atoms with Gasteiger partial charge >= 0.3 is 17.9 Å². The summed E-state index contributed by atoms with van der Waals surface area (Å²) in [7, 11) is 0. The number of allylic oxidation sites excluding steroid dienone is 14. The topological polar surface area (TPSA) is 78.9 Å². The van der Waals surface area contributed by atoms with Gasteiger partial charge in [-0.05, 0) is 122 Å². The zero-order chi connectivity index (χ0) is 47.2. The standard InChI is InChI=1S/C59H100O6/c1-4-7-10-13-16-19-22-25-28-29-32-34-37-40-43-46-49-52-58(61)64-55-56(65-59(62)53-50-47-44-41-38-35-31-27-24-21-18-15-12-9-6-3)54-63-57(60)51-48-45-42-39-36-33-30-26-23-20-17-14-11-8-5-2/h16-21,25-28,30-32,34,56H,4-15,22-24,29,33,35-55H2,1-3H3/b19-16+,20-17+,21-18+,28-25+,30-26+,31-27+,34-32+/t56-/m1/s1. The van der Waals surface area contributed by atoms with Gasteiger partial charge in [-0.15, -0.1) is 0 Å². The van der Waals surface area contributed by atoms with E-state index in [2.05, 4.69) is 106 Å². The second-order valence-electron chi connectivity index (χ2n) is 17.8. The Kier molecular flexibility index (Phi) is 50.4. The van der Waals surface area contributed by atoms with E-state index in [0.29, 0.717) is 19.3 Å². The lowest BCUT2D eigenvalue weighted by Gasteiger charge is -2.18. The van der Waals surface area contributed by atoms with Crippen LogP contribution in [0.2, 0.25) is 0 Å². The van der Waals surface area contributed by atoms with Crippen molar-refractivity contribution in [3.8, 4) is 0 Å². The maximum atomic E-state index is 12.8. The summed E-state index contributed by atoms with van der Waals surface area (Å²) in [5.41, 5.74) is 0. The van der Waals surface area contributed by atoms with Gasteiger partial charge in [0.1, 0.15) is 13.2 Å². The van der Waals surface area contributed by atoms with Crippen LogP contribution in [0.25, 0.3) is 0 Å². The monoisotopic (exact) mass is 905 g/mol. The first kappa shape index (κ1) is 61.6. The lowest BCUT2D eigenvalue weighted by molar-refractivity contribution is -0.167. The van der Waals surface area contributed by atoms with Crippen molar-refractivity contribution in [2.24, 2.45) is 0 Å². The first-order chi connectivity index (χ1) is 32.0. The van der Waals surface area contributed by atoms with Gasteiger partial charge in [-0.2, -0.15) is 0 Å². The average Bonchev–Trinajstić information content (AvgIpc) is 3.30. The maximum Gasteiger partial charge on any atom is 0.306 e. The fraction of sp³-hybridized carbons (Fsp3) is 0.712. The van der Waals surface area contributed by atoms with Crippen molar-refractivity contribution < 1.29 is 28.6 Å². The van der Waals surface area contributed by atoms with Gasteiger partial charge in [-0.3, -0.25) is 14.4 Å². The van der Waals surface area contributed by atoms with Crippen molar-refractivity contribution in [3.05, 3.63) is 85.1 Å². The molecule has 0 saturated carbocycles. The molecule has 0 amide bonds. The Morgan fingerprint density at radius 1 is 0.308 bits per heavy atom. The number of carbonyl (C=O) groups is 3. The summed E-state index contributed by atoms with van der Waals surface area (Å²) in [6.45, 7) is 6.51. The molecule has 0 heterocycles. The second-order valence-corrected chi connectivity index (χ2v) is 17.8. The van der Waals surface area contributed by atoms with Crippen molar-refractivity contribution in [1.29, 1.82) is 0 Å². The predicted octanol–water partition coefficient (Wildman–Crippen LogP) is 18.0. The molecule has 0 fully saturated rings. The minimum atomic E-state index is -0.799. The number of hydrogen-bond acceptors (Lipinski definition) is 6. The van der Waals surface area contributed by atoms with Gasteiger partial charge < -0.3 is 14.2 Å². The molecule has 0 aliphatic heterocycles. The van der Waals surface area contributed by atoms with Crippen molar-refractivity contribution in [3.63, 3.8) is 0 Å². The van der Waals surface area contributed by atoms with Gasteiger partial charge in [0.25, 0.3) is 0 Å². The van der Waals surface area contributed by atoms with Crippen molar-refractivity contribution in [2.75, 3.05) is 13.2 Å². The smallest absolute Gasteiger partial charge is 0.306 e. The highest BCUT2D eigenvalue weighted by Gasteiger charge is 2.19. The van der Waals surface area contributed by atoms with Crippen molar-refractivity contribution in [1.82, 2.24) is 0 Å². The summed E-state index contributed by atoms with van der Waals surface area (Å²) in [5.74, 6) is -0.945. The summed E-state index contributed by atoms with van der Waals surface area (Å²) in [6, 6.07) is 0. The number of hydrogen-bond donors (Lipinski definition) is 0. The van der Waals surface area contributed by atoms with Crippen LogP contribution < -0.4 is 0 Å². The van der Waals surface area contributed by atoms with Crippen LogP contribution in [0.4, 0.5) is 0 Å². The lowest BCUT2D eigenvalue weighted by Crippen LogP contribution is -2.30. The molecular formula is C59H100O6. The SMILES string of the molecule is CCCCC/C=C/C/C=C/C/C=C/CCCCCCC(=O)OC[C@@H](COC(=O)CCCCCCC/C=C/C/C=C/CCCCC)OC(=O)CCCCCCC/C=C/C/C=C/CCCCC. The Labute approximate surface area is 401 Å². The molecule has 0 aromatic carbocycles. The summed E-state index contributed by atoms with van der Waals surface area (Å²) in [5, 5.41) is 0. The van der Waals surface area contributed by atoms with E-state index in [9.17, 15) is 14.4 Å². The highest BCUT2D eigenvalue weighted by Crippen LogP contribution is 2.13. The fourth-order valence-electron chi connectivity index (χ4n) is 7.21. The summed E-state index contributed by atoms with van der Waals surface area (Å²) in [4.78, 5) is 38.1. The van der Waals surface area contributed by atoms with E-state index in [-0.39, 0.29) is 31.1 Å². The molecule has 0 N–H and O–H groups in total. The zero-order valence-electron chi connectivity index (χ0n) is 42.5. The average molecular weight is 905 g/mol. The van der Waals surface area contributed by atoms with Crippen LogP contribution in [0.3, 0.4) is 0 Å². The van der Waals surface area contributed by atoms with Crippen LogP contribution in [0, 0.1) is 0 Å². The maximum absolute atomic E-state index is 12.8. The number of unbranched alkanes of at least 4 members (excludes halogenated alkanes) is 23. The predicted molar refractivity (Wildman–Crippen MR) is 279 cm³/mol. The quantitative estimate of drug-likeness (QED) is 0.0262. The van der Waals surface area contributed by atoms with E-state index in [0.717, 1.165) is 135 Å². The molecule has 1 atom stereocenters. The highest BCUT2D eigenvalue weighted by molar-refractivity contribution is 5.71. The largest absolute Gasteiger partial charge is 0.462 e. The van der Waals surface area contributed by atoms with E-state index in [1.807, 2.05) is 0 Å². The van der Waals surface area contributed by atoms with Gasteiger partial charge in [0.2, 0.25) is 0 Å². The first-order valence-electron chi connectivity index (χ1n) is 27.1. The minimum absolute atomic E-state index is 0.0975. The van der Waals surface area contributed by atoms with Gasteiger partial charge in [0.05, 0.1) is 0 Å². The summed E-state index contributed by atoms with van der Waals surface area (Å²) < 4.78 is 16.8. The molecule has 0 aliphatic rings. The third-order valence-electron chi connectivity index (χ3n) is 11.3. The van der Waals surface area contributed by atoms with Gasteiger partial charge in [0, 0.05) is 19.3 Å². The van der Waals surface area contributed by atoms with E-state index in [1.165, 1.54) is 77.0 Å². The Morgan fingerprint density at radius 3 is 0.862 bits per heavy atom. The van der Waals surface area contributed by atoms with E-state index >= 15 is 0 Å². The lowest BCUT2D eigenvalue weighted by atomic mass is 10.1. The number of ether oxygens (including phenoxy) is 3. The number of esters is 3. The molecule has 0 spiro atoms. The molecule has 0 unspecified atom stereocenters. The third-order valence-corrected chi connectivity index (χ3v) is 11.3. The molecule has 6 heteroatoms. The van der Waals surface area contributed by atoms with Gasteiger partial charge in [0.15, 0.2) is 6.10 Å². The minimum Gasteiger partial charge on any atom is -0.462 e. The van der Waals surface area contributed by atoms with Gasteiger partial charge in [-0.25, -0.2) is 0 Å². The molecule has 0 bridgehead atoms. The molecule has 0 radical (unpaired) electrons. The Bertz CT molecular complexity index is 1270. The normalized spacial score (nSPS) is 12.7. The molecule has 65 heavy (non-hydrogen) atoms. The van der Waals surface area contributed by atoms with Crippen LogP contribution in [-0.2, 0) is 28.6 Å². The molecule has 0 aliphatic carbocycles. The third kappa shape index (κ3) is 51.4. The van der Waals surface area contributed by atoms with Crippen LogP contribution in [0.15, 0.2) is 85.1 Å². The molecule has 0 saturated heterocycles. The first-order valence-corrected chi connectivity index (χ1v) is 27.1.